The minimum absolute atomic E-state index is 0.0631. The van der Waals surface area contributed by atoms with Crippen molar-refractivity contribution >= 4 is 26.0 Å². The van der Waals surface area contributed by atoms with E-state index in [0.717, 1.165) is 12.8 Å². The summed E-state index contributed by atoms with van der Waals surface area (Å²) in [5.74, 6) is 0.907. The zero-order valence-corrected chi connectivity index (χ0v) is 11.8. The summed E-state index contributed by atoms with van der Waals surface area (Å²) in [5, 5.41) is 0. The smallest absolute Gasteiger partial charge is 0.245 e. The van der Waals surface area contributed by atoms with Crippen LogP contribution in [0.3, 0.4) is 0 Å². The van der Waals surface area contributed by atoms with E-state index in [4.69, 9.17) is 10.2 Å². The van der Waals surface area contributed by atoms with Gasteiger partial charge in [-0.1, -0.05) is 13.3 Å². The Morgan fingerprint density at radius 3 is 2.82 bits per heavy atom. The fourth-order valence-electron chi connectivity index (χ4n) is 1.79. The van der Waals surface area contributed by atoms with Crippen molar-refractivity contribution in [1.82, 2.24) is 4.72 Å². The van der Waals surface area contributed by atoms with E-state index in [-0.39, 0.29) is 22.2 Å². The van der Waals surface area contributed by atoms with Crippen molar-refractivity contribution in [3.8, 4) is 0 Å². The molecule has 96 valence electrons. The Morgan fingerprint density at radius 2 is 2.35 bits per heavy atom. The van der Waals surface area contributed by atoms with Gasteiger partial charge in [0.05, 0.1) is 6.54 Å². The lowest BCUT2D eigenvalue weighted by atomic mass is 10.3. The Morgan fingerprint density at radius 1 is 1.65 bits per heavy atom. The molecule has 1 aromatic heterocycles. The zero-order chi connectivity index (χ0) is 12.6. The summed E-state index contributed by atoms with van der Waals surface area (Å²) in [7, 11) is -3.51. The van der Waals surface area contributed by atoms with Crippen LogP contribution in [0.15, 0.2) is 20.0 Å². The van der Waals surface area contributed by atoms with Crippen molar-refractivity contribution in [3.63, 3.8) is 0 Å². The van der Waals surface area contributed by atoms with Gasteiger partial charge in [-0.2, -0.15) is 0 Å². The fourth-order valence-corrected chi connectivity index (χ4v) is 4.10. The van der Waals surface area contributed by atoms with Crippen molar-refractivity contribution in [2.45, 2.75) is 37.2 Å². The highest BCUT2D eigenvalue weighted by Crippen LogP contribution is 2.35. The number of rotatable bonds is 5. The lowest BCUT2D eigenvalue weighted by Crippen LogP contribution is -2.27. The molecule has 1 heterocycles. The number of halogens is 1. The van der Waals surface area contributed by atoms with E-state index in [9.17, 15) is 8.42 Å². The van der Waals surface area contributed by atoms with Gasteiger partial charge >= 0.3 is 0 Å². The van der Waals surface area contributed by atoms with E-state index >= 15 is 0 Å². The first kappa shape index (κ1) is 13.1. The maximum Gasteiger partial charge on any atom is 0.245 e. The number of nitrogens with two attached hydrogens (primary N) is 1. The summed E-state index contributed by atoms with van der Waals surface area (Å²) in [6.07, 6.45) is 1.91. The third-order valence-corrected chi connectivity index (χ3v) is 5.30. The number of sulfonamides is 1. The van der Waals surface area contributed by atoms with Crippen molar-refractivity contribution in [2.24, 2.45) is 11.7 Å². The monoisotopic (exact) mass is 322 g/mol. The Hall–Kier alpha value is -0.370. The standard InChI is InChI=1S/C10H15BrN2O3S/c1-2-6-3-8(6)13-17(14,15)9-4-7(5-12)16-10(9)11/h4,6,8,13H,2-3,5,12H2,1H3. The Bertz CT molecular complexity index is 512. The van der Waals surface area contributed by atoms with Crippen LogP contribution < -0.4 is 10.5 Å². The van der Waals surface area contributed by atoms with Crippen LogP contribution in [0.2, 0.25) is 0 Å². The van der Waals surface area contributed by atoms with Crippen LogP contribution in [0.1, 0.15) is 25.5 Å². The molecule has 0 aliphatic heterocycles. The first-order chi connectivity index (χ1) is 7.97. The van der Waals surface area contributed by atoms with Gasteiger partial charge in [0, 0.05) is 12.1 Å². The van der Waals surface area contributed by atoms with Gasteiger partial charge in [-0.05, 0) is 28.3 Å². The molecule has 0 saturated heterocycles. The van der Waals surface area contributed by atoms with Gasteiger partial charge in [0.15, 0.2) is 4.67 Å². The fraction of sp³-hybridized carbons (Fsp3) is 0.600. The van der Waals surface area contributed by atoms with E-state index in [0.29, 0.717) is 11.7 Å². The summed E-state index contributed by atoms with van der Waals surface area (Å²) in [4.78, 5) is 0.125. The van der Waals surface area contributed by atoms with Crippen LogP contribution in [-0.2, 0) is 16.6 Å². The Labute approximate surface area is 109 Å². The molecule has 1 aromatic rings. The highest BCUT2D eigenvalue weighted by Gasteiger charge is 2.39. The molecule has 0 bridgehead atoms. The highest BCUT2D eigenvalue weighted by atomic mass is 79.9. The molecule has 1 aliphatic rings. The number of hydrogen-bond donors (Lipinski definition) is 2. The molecule has 1 saturated carbocycles. The van der Waals surface area contributed by atoms with Crippen LogP contribution in [0.25, 0.3) is 0 Å². The first-order valence-corrected chi connectivity index (χ1v) is 7.76. The summed E-state index contributed by atoms with van der Waals surface area (Å²) >= 11 is 3.09. The number of hydrogen-bond acceptors (Lipinski definition) is 4. The van der Waals surface area contributed by atoms with Gasteiger partial charge in [-0.3, -0.25) is 0 Å². The molecule has 3 N–H and O–H groups in total. The molecule has 5 nitrogen and oxygen atoms in total. The van der Waals surface area contributed by atoms with Crippen molar-refractivity contribution in [2.75, 3.05) is 0 Å². The van der Waals surface area contributed by atoms with Crippen molar-refractivity contribution in [3.05, 3.63) is 16.5 Å². The van der Waals surface area contributed by atoms with Gasteiger partial charge in [0.1, 0.15) is 10.7 Å². The van der Waals surface area contributed by atoms with Crippen LogP contribution in [0.5, 0.6) is 0 Å². The molecular formula is C10H15BrN2O3S. The largest absolute Gasteiger partial charge is 0.452 e. The second kappa shape index (κ2) is 4.72. The van der Waals surface area contributed by atoms with Gasteiger partial charge < -0.3 is 10.2 Å². The van der Waals surface area contributed by atoms with Crippen LogP contribution in [0, 0.1) is 5.92 Å². The van der Waals surface area contributed by atoms with Crippen LogP contribution in [0.4, 0.5) is 0 Å². The minimum atomic E-state index is -3.51. The summed E-state index contributed by atoms with van der Waals surface area (Å²) < 4.78 is 32.2. The lowest BCUT2D eigenvalue weighted by Gasteiger charge is -2.03. The maximum absolute atomic E-state index is 12.1. The molecule has 1 fully saturated rings. The molecule has 2 rings (SSSR count). The molecule has 0 amide bonds. The van der Waals surface area contributed by atoms with Crippen LogP contribution >= 0.6 is 15.9 Å². The van der Waals surface area contributed by atoms with E-state index in [1.54, 1.807) is 0 Å². The lowest BCUT2D eigenvalue weighted by molar-refractivity contribution is 0.483. The minimum Gasteiger partial charge on any atom is -0.452 e. The summed E-state index contributed by atoms with van der Waals surface area (Å²) in [5.41, 5.74) is 5.40. The van der Waals surface area contributed by atoms with E-state index < -0.39 is 10.0 Å². The molecule has 17 heavy (non-hydrogen) atoms. The average Bonchev–Trinajstić information content (AvgIpc) is 2.88. The third-order valence-electron chi connectivity index (χ3n) is 2.95. The molecule has 1 aliphatic carbocycles. The van der Waals surface area contributed by atoms with Crippen molar-refractivity contribution < 1.29 is 12.8 Å². The summed E-state index contributed by atoms with van der Waals surface area (Å²) in [6, 6.07) is 1.52. The second-order valence-corrected chi connectivity index (χ2v) is 6.59. The third kappa shape index (κ3) is 2.73. The van der Waals surface area contributed by atoms with Crippen LogP contribution in [-0.4, -0.2) is 14.5 Å². The maximum atomic E-state index is 12.1. The molecule has 7 heteroatoms. The van der Waals surface area contributed by atoms with Gasteiger partial charge in [0.25, 0.3) is 0 Å². The zero-order valence-electron chi connectivity index (χ0n) is 9.44. The quantitative estimate of drug-likeness (QED) is 0.861. The van der Waals surface area contributed by atoms with Gasteiger partial charge in [0.2, 0.25) is 10.0 Å². The molecule has 2 unspecified atom stereocenters. The number of nitrogens with one attached hydrogen (secondary N) is 1. The van der Waals surface area contributed by atoms with Gasteiger partial charge in [-0.15, -0.1) is 0 Å². The Kier molecular flexibility index (Phi) is 3.63. The summed E-state index contributed by atoms with van der Waals surface area (Å²) in [6.45, 7) is 2.23. The SMILES string of the molecule is CCC1CC1NS(=O)(=O)c1cc(CN)oc1Br. The van der Waals surface area contributed by atoms with E-state index in [2.05, 4.69) is 27.6 Å². The molecular weight excluding hydrogens is 308 g/mol. The second-order valence-electron chi connectivity index (χ2n) is 4.19. The van der Waals surface area contributed by atoms with Crippen molar-refractivity contribution in [1.29, 1.82) is 0 Å². The van der Waals surface area contributed by atoms with Gasteiger partial charge in [-0.25, -0.2) is 13.1 Å². The average molecular weight is 323 g/mol. The predicted molar refractivity (Wildman–Crippen MR) is 66.8 cm³/mol. The molecule has 0 aromatic carbocycles. The molecule has 2 atom stereocenters. The number of furan rings is 1. The highest BCUT2D eigenvalue weighted by molar-refractivity contribution is 9.10. The molecule has 0 spiro atoms. The Balaban J connectivity index is 2.17. The van der Waals surface area contributed by atoms with E-state index in [1.807, 2.05) is 0 Å². The topological polar surface area (TPSA) is 85.3 Å². The van der Waals surface area contributed by atoms with E-state index in [1.165, 1.54) is 6.07 Å². The molecule has 0 radical (unpaired) electrons. The first-order valence-electron chi connectivity index (χ1n) is 5.48. The predicted octanol–water partition coefficient (Wildman–Crippen LogP) is 1.58. The normalized spacial score (nSPS) is 23.9.